The summed E-state index contributed by atoms with van der Waals surface area (Å²) >= 11 is 0. The van der Waals surface area contributed by atoms with Gasteiger partial charge in [0.2, 0.25) is 10.0 Å². The molecule has 0 saturated carbocycles. The summed E-state index contributed by atoms with van der Waals surface area (Å²) in [6.45, 7) is 8.14. The van der Waals surface area contributed by atoms with Crippen LogP contribution >= 0.6 is 0 Å². The molecule has 0 heterocycles. The molecule has 0 aliphatic rings. The van der Waals surface area contributed by atoms with Crippen LogP contribution in [0.5, 0.6) is 0 Å². The molecule has 0 fully saturated rings. The summed E-state index contributed by atoms with van der Waals surface area (Å²) in [6.07, 6.45) is 0.327. The topological polar surface area (TPSA) is 78.4 Å². The number of benzene rings is 1. The molecule has 0 bridgehead atoms. The van der Waals surface area contributed by atoms with Gasteiger partial charge in [0, 0.05) is 18.3 Å². The molecule has 0 aromatic heterocycles. The zero-order valence-electron chi connectivity index (χ0n) is 13.1. The summed E-state index contributed by atoms with van der Waals surface area (Å²) in [6, 6.07) is 6.39. The largest absolute Gasteiger partial charge is 0.391 e. The molecule has 21 heavy (non-hydrogen) atoms. The Labute approximate surface area is 127 Å². The number of aliphatic hydroxyl groups is 1. The molecule has 0 radical (unpaired) electrons. The van der Waals surface area contributed by atoms with E-state index < -0.39 is 16.1 Å². The van der Waals surface area contributed by atoms with Crippen LogP contribution < -0.4 is 10.0 Å². The molecule has 1 atom stereocenters. The lowest BCUT2D eigenvalue weighted by atomic mass is 10.1. The maximum atomic E-state index is 12.0. The maximum Gasteiger partial charge on any atom is 0.240 e. The van der Waals surface area contributed by atoms with Crippen LogP contribution in [0.4, 0.5) is 5.69 Å². The number of sulfonamides is 1. The Kier molecular flexibility index (Phi) is 6.64. The van der Waals surface area contributed by atoms with Crippen LogP contribution in [0.15, 0.2) is 29.2 Å². The maximum absolute atomic E-state index is 12.0. The van der Waals surface area contributed by atoms with Gasteiger partial charge in [-0.1, -0.05) is 13.8 Å². The molecular weight excluding hydrogens is 288 g/mol. The summed E-state index contributed by atoms with van der Waals surface area (Å²) in [4.78, 5) is 0.240. The minimum atomic E-state index is -3.45. The predicted octanol–water partition coefficient (Wildman–Crippen LogP) is 2.19. The van der Waals surface area contributed by atoms with Crippen molar-refractivity contribution in [2.75, 3.05) is 11.9 Å². The summed E-state index contributed by atoms with van der Waals surface area (Å²) in [5, 5.41) is 12.9. The molecule has 1 unspecified atom stereocenters. The Morgan fingerprint density at radius 1 is 1.10 bits per heavy atom. The highest BCUT2D eigenvalue weighted by molar-refractivity contribution is 7.89. The third-order valence-corrected chi connectivity index (χ3v) is 4.52. The normalized spacial score (nSPS) is 13.7. The molecule has 0 amide bonds. The van der Waals surface area contributed by atoms with Crippen molar-refractivity contribution in [3.63, 3.8) is 0 Å². The third kappa shape index (κ3) is 6.46. The van der Waals surface area contributed by atoms with Crippen LogP contribution in [0.3, 0.4) is 0 Å². The molecule has 5 nitrogen and oxygen atoms in total. The highest BCUT2D eigenvalue weighted by Crippen LogP contribution is 2.15. The fraction of sp³-hybridized carbons (Fsp3) is 0.600. The van der Waals surface area contributed by atoms with E-state index in [0.29, 0.717) is 12.5 Å². The second kappa shape index (κ2) is 7.77. The van der Waals surface area contributed by atoms with Gasteiger partial charge in [-0.15, -0.1) is 0 Å². The van der Waals surface area contributed by atoms with Gasteiger partial charge in [0.05, 0.1) is 11.0 Å². The number of aliphatic hydroxyl groups excluding tert-OH is 1. The molecule has 1 aromatic carbocycles. The summed E-state index contributed by atoms with van der Waals surface area (Å²) in [7, 11) is -3.45. The summed E-state index contributed by atoms with van der Waals surface area (Å²) in [5.74, 6) is 0.441. The molecular formula is C15H26N2O3S. The molecule has 120 valence electrons. The molecule has 1 rings (SSSR count). The van der Waals surface area contributed by atoms with E-state index in [0.717, 1.165) is 12.1 Å². The van der Waals surface area contributed by atoms with Gasteiger partial charge in [0.15, 0.2) is 0 Å². The van der Waals surface area contributed by atoms with Gasteiger partial charge in [-0.3, -0.25) is 0 Å². The van der Waals surface area contributed by atoms with Crippen molar-refractivity contribution in [2.45, 2.75) is 51.2 Å². The fourth-order valence-electron chi connectivity index (χ4n) is 1.99. The van der Waals surface area contributed by atoms with Crippen LogP contribution in [0.25, 0.3) is 0 Å². The lowest BCUT2D eigenvalue weighted by Gasteiger charge is -2.15. The van der Waals surface area contributed by atoms with Gasteiger partial charge in [-0.05, 0) is 50.5 Å². The summed E-state index contributed by atoms with van der Waals surface area (Å²) < 4.78 is 26.5. The van der Waals surface area contributed by atoms with Gasteiger partial charge < -0.3 is 10.4 Å². The van der Waals surface area contributed by atoms with Gasteiger partial charge >= 0.3 is 0 Å². The predicted molar refractivity (Wildman–Crippen MR) is 85.9 cm³/mol. The van der Waals surface area contributed by atoms with Crippen LogP contribution in [0.1, 0.15) is 34.1 Å². The Morgan fingerprint density at radius 2 is 1.67 bits per heavy atom. The second-order valence-electron chi connectivity index (χ2n) is 5.96. The Balaban J connectivity index is 2.62. The van der Waals surface area contributed by atoms with E-state index in [1.165, 1.54) is 0 Å². The van der Waals surface area contributed by atoms with Gasteiger partial charge in [-0.2, -0.15) is 0 Å². The van der Waals surface area contributed by atoms with Gasteiger partial charge in [-0.25, -0.2) is 13.1 Å². The Morgan fingerprint density at radius 3 is 2.14 bits per heavy atom. The molecule has 6 heteroatoms. The third-order valence-electron chi connectivity index (χ3n) is 2.84. The monoisotopic (exact) mass is 314 g/mol. The molecule has 0 aliphatic heterocycles. The lowest BCUT2D eigenvalue weighted by molar-refractivity contribution is 0.161. The van der Waals surface area contributed by atoms with Crippen molar-refractivity contribution in [1.29, 1.82) is 0 Å². The molecule has 1 aromatic rings. The minimum Gasteiger partial charge on any atom is -0.391 e. The standard InChI is InChI=1S/C15H26N2O3S/c1-11(2)9-14(18)10-16-13-5-7-15(8-6-13)21(19,20)17-12(3)4/h5-8,11-12,14,16-18H,9-10H2,1-4H3. The number of anilines is 1. The van der Waals surface area contributed by atoms with E-state index >= 15 is 0 Å². The van der Waals surface area contributed by atoms with Crippen molar-refractivity contribution >= 4 is 15.7 Å². The molecule has 3 N–H and O–H groups in total. The van der Waals surface area contributed by atoms with Crippen molar-refractivity contribution in [2.24, 2.45) is 5.92 Å². The highest BCUT2D eigenvalue weighted by Gasteiger charge is 2.15. The van der Waals surface area contributed by atoms with E-state index in [2.05, 4.69) is 23.9 Å². The number of hydrogen-bond acceptors (Lipinski definition) is 4. The van der Waals surface area contributed by atoms with Crippen LogP contribution in [-0.2, 0) is 10.0 Å². The van der Waals surface area contributed by atoms with Crippen LogP contribution in [-0.4, -0.2) is 32.2 Å². The average molecular weight is 314 g/mol. The smallest absolute Gasteiger partial charge is 0.240 e. The van der Waals surface area contributed by atoms with E-state index in [9.17, 15) is 13.5 Å². The van der Waals surface area contributed by atoms with Gasteiger partial charge in [0.1, 0.15) is 0 Å². The first-order valence-corrected chi connectivity index (χ1v) is 8.73. The zero-order valence-corrected chi connectivity index (χ0v) is 13.9. The zero-order chi connectivity index (χ0) is 16.0. The van der Waals surface area contributed by atoms with E-state index in [4.69, 9.17) is 0 Å². The van der Waals surface area contributed by atoms with E-state index in [1.807, 2.05) is 0 Å². The van der Waals surface area contributed by atoms with Crippen molar-refractivity contribution in [3.8, 4) is 0 Å². The second-order valence-corrected chi connectivity index (χ2v) is 7.68. The molecule has 0 aliphatic carbocycles. The quantitative estimate of drug-likeness (QED) is 0.687. The molecule has 0 saturated heterocycles. The first-order chi connectivity index (χ1) is 9.70. The van der Waals surface area contributed by atoms with Crippen LogP contribution in [0.2, 0.25) is 0 Å². The number of hydrogen-bond donors (Lipinski definition) is 3. The van der Waals surface area contributed by atoms with E-state index in [-0.39, 0.29) is 10.9 Å². The first-order valence-electron chi connectivity index (χ1n) is 7.25. The van der Waals surface area contributed by atoms with Crippen molar-refractivity contribution in [3.05, 3.63) is 24.3 Å². The first kappa shape index (κ1) is 17.9. The Bertz CT molecular complexity index is 524. The van der Waals surface area contributed by atoms with Crippen molar-refractivity contribution < 1.29 is 13.5 Å². The number of nitrogens with one attached hydrogen (secondary N) is 2. The van der Waals surface area contributed by atoms with Crippen LogP contribution in [0, 0.1) is 5.92 Å². The van der Waals surface area contributed by atoms with Crippen molar-refractivity contribution in [1.82, 2.24) is 4.72 Å². The number of rotatable bonds is 8. The SMILES string of the molecule is CC(C)CC(O)CNc1ccc(S(=O)(=O)NC(C)C)cc1. The van der Waals surface area contributed by atoms with E-state index in [1.54, 1.807) is 38.1 Å². The fourth-order valence-corrected chi connectivity index (χ4v) is 3.24. The Hall–Kier alpha value is -1.11. The highest BCUT2D eigenvalue weighted by atomic mass is 32.2. The summed E-state index contributed by atoms with van der Waals surface area (Å²) in [5.41, 5.74) is 0.793. The molecule has 0 spiro atoms. The van der Waals surface area contributed by atoms with Gasteiger partial charge in [0.25, 0.3) is 0 Å². The minimum absolute atomic E-state index is 0.140. The average Bonchev–Trinajstić information content (AvgIpc) is 2.34. The lowest BCUT2D eigenvalue weighted by Crippen LogP contribution is -2.30.